The molecule has 0 aliphatic rings. The molecule has 3 nitrogen and oxygen atoms in total. The molecular formula is C51H31N3S2. The highest BCUT2D eigenvalue weighted by Crippen LogP contribution is 2.43. The first-order valence-corrected chi connectivity index (χ1v) is 19.8. The minimum atomic E-state index is -0.248. The normalized spacial score (nSPS) is 13.1. The van der Waals surface area contributed by atoms with Crippen molar-refractivity contribution in [1.29, 1.82) is 0 Å². The molecule has 11 aromatic rings. The van der Waals surface area contributed by atoms with Crippen LogP contribution in [-0.4, -0.2) is 15.0 Å². The van der Waals surface area contributed by atoms with Gasteiger partial charge in [0.05, 0.1) is 8.22 Å². The average molecular weight is 756 g/mol. The average Bonchev–Trinajstić information content (AvgIpc) is 3.91. The maximum absolute atomic E-state index is 9.76. The Hall–Kier alpha value is -6.79. The first-order chi connectivity index (χ1) is 30.2. The maximum Gasteiger partial charge on any atom is 0.164 e. The van der Waals surface area contributed by atoms with Gasteiger partial charge in [0, 0.05) is 57.0 Å². The molecule has 3 aromatic heterocycles. The van der Waals surface area contributed by atoms with Gasteiger partial charge < -0.3 is 0 Å². The molecule has 0 bridgehead atoms. The van der Waals surface area contributed by atoms with Gasteiger partial charge in [0.2, 0.25) is 0 Å². The molecule has 3 heterocycles. The lowest BCUT2D eigenvalue weighted by atomic mass is 9.97. The summed E-state index contributed by atoms with van der Waals surface area (Å²) in [6.07, 6.45) is 0. The third kappa shape index (κ3) is 5.68. The Morgan fingerprint density at radius 3 is 1.62 bits per heavy atom. The summed E-state index contributed by atoms with van der Waals surface area (Å²) in [7, 11) is 0. The Kier molecular flexibility index (Phi) is 6.48. The molecule has 0 N–H and O–H groups in total. The SMILES string of the molecule is [2H]c1c([2H])c(-c2ccc(-c3ccccc3)cc2)c2c(sc3c([2H])c(-c4nc(-c5ccc(-c6ccccc6)cc5)nc(-c5cccc6sc7ccccc7c56)n4)c([2H])c([2H])c32)c1[2H]. The van der Waals surface area contributed by atoms with E-state index in [0.29, 0.717) is 42.9 Å². The van der Waals surface area contributed by atoms with Gasteiger partial charge in [0.1, 0.15) is 0 Å². The topological polar surface area (TPSA) is 38.7 Å². The second kappa shape index (κ2) is 13.5. The monoisotopic (exact) mass is 755 g/mol. The summed E-state index contributed by atoms with van der Waals surface area (Å²) in [5.74, 6) is 0.817. The number of nitrogens with zero attached hydrogens (tertiary/aromatic N) is 3. The molecule has 56 heavy (non-hydrogen) atoms. The number of rotatable bonds is 6. The summed E-state index contributed by atoms with van der Waals surface area (Å²) < 4.78 is 58.8. The smallest absolute Gasteiger partial charge is 0.164 e. The van der Waals surface area contributed by atoms with E-state index in [1.807, 2.05) is 121 Å². The lowest BCUT2D eigenvalue weighted by molar-refractivity contribution is 1.08. The third-order valence-electron chi connectivity index (χ3n) is 10.1. The second-order valence-corrected chi connectivity index (χ2v) is 15.6. The van der Waals surface area contributed by atoms with Crippen LogP contribution >= 0.6 is 22.7 Å². The van der Waals surface area contributed by atoms with E-state index in [2.05, 4.69) is 30.3 Å². The molecule has 5 heteroatoms. The molecule has 0 spiro atoms. The van der Waals surface area contributed by atoms with Crippen molar-refractivity contribution < 1.29 is 8.22 Å². The molecule has 11 rings (SSSR count). The van der Waals surface area contributed by atoms with Crippen molar-refractivity contribution in [3.63, 3.8) is 0 Å². The number of benzene rings is 8. The molecule has 262 valence electrons. The van der Waals surface area contributed by atoms with Crippen molar-refractivity contribution >= 4 is 63.0 Å². The molecule has 0 unspecified atom stereocenters. The lowest BCUT2D eigenvalue weighted by Gasteiger charge is -2.10. The molecule has 0 aliphatic heterocycles. The molecule has 8 aromatic carbocycles. The van der Waals surface area contributed by atoms with Crippen LogP contribution in [0, 0.1) is 0 Å². The summed E-state index contributed by atoms with van der Waals surface area (Å²) in [6, 6.07) is 48.9. The molecule has 0 amide bonds. The molecule has 0 atom stereocenters. The van der Waals surface area contributed by atoms with Gasteiger partial charge in [-0.15, -0.1) is 22.7 Å². The first kappa shape index (κ1) is 26.9. The number of hydrogen-bond acceptors (Lipinski definition) is 5. The Morgan fingerprint density at radius 1 is 0.339 bits per heavy atom. The van der Waals surface area contributed by atoms with Gasteiger partial charge in [0.25, 0.3) is 0 Å². The fourth-order valence-corrected chi connectivity index (χ4v) is 9.53. The predicted molar refractivity (Wildman–Crippen MR) is 238 cm³/mol. The van der Waals surface area contributed by atoms with Crippen LogP contribution < -0.4 is 0 Å². The Morgan fingerprint density at radius 2 is 0.893 bits per heavy atom. The van der Waals surface area contributed by atoms with Gasteiger partial charge in [-0.1, -0.05) is 164 Å². The van der Waals surface area contributed by atoms with Crippen LogP contribution in [0.5, 0.6) is 0 Å². The van der Waals surface area contributed by atoms with E-state index in [4.69, 9.17) is 19.1 Å². The van der Waals surface area contributed by atoms with Gasteiger partial charge in [-0.05, 0) is 57.6 Å². The van der Waals surface area contributed by atoms with Gasteiger partial charge in [-0.25, -0.2) is 15.0 Å². The molecule has 0 fully saturated rings. The van der Waals surface area contributed by atoms with Crippen LogP contribution in [0.15, 0.2) is 188 Å². The zero-order valence-electron chi connectivity index (χ0n) is 35.6. The van der Waals surface area contributed by atoms with Gasteiger partial charge in [0.15, 0.2) is 17.5 Å². The third-order valence-corrected chi connectivity index (χ3v) is 12.3. The molecule has 0 saturated heterocycles. The standard InChI is InChI=1S/C51H31N3S2/c1-3-11-32(12-4-1)34-21-25-36(26-22-34)39-16-9-19-44-47(39)41-30-29-38(31-46(41)56-44)50-52-49(37-27-23-35(24-28-37)33-13-5-2-6-14-33)53-51(54-50)42-17-10-20-45-48(42)40-15-7-8-18-43(40)55-45/h1-31H/i9D,16D,19D,29D,30D,31D. The summed E-state index contributed by atoms with van der Waals surface area (Å²) >= 11 is 2.82. The molecule has 0 aliphatic carbocycles. The van der Waals surface area contributed by atoms with E-state index >= 15 is 0 Å². The molecule has 0 radical (unpaired) electrons. The van der Waals surface area contributed by atoms with E-state index in [1.165, 1.54) is 0 Å². The van der Waals surface area contributed by atoms with E-state index in [1.54, 1.807) is 11.3 Å². The van der Waals surface area contributed by atoms with Gasteiger partial charge in [-0.3, -0.25) is 0 Å². The van der Waals surface area contributed by atoms with Crippen molar-refractivity contribution in [2.75, 3.05) is 0 Å². The Labute approximate surface area is 340 Å². The quantitative estimate of drug-likeness (QED) is 0.170. The lowest BCUT2D eigenvalue weighted by Crippen LogP contribution is -2.00. The summed E-state index contributed by atoms with van der Waals surface area (Å²) in [6.45, 7) is 0. The largest absolute Gasteiger partial charge is 0.208 e. The van der Waals surface area contributed by atoms with Crippen LogP contribution in [0.3, 0.4) is 0 Å². The molecule has 0 saturated carbocycles. The highest BCUT2D eigenvalue weighted by atomic mass is 32.1. The van der Waals surface area contributed by atoms with E-state index in [-0.39, 0.29) is 47.6 Å². The fraction of sp³-hybridized carbons (Fsp3) is 0. The van der Waals surface area contributed by atoms with Crippen LogP contribution in [-0.2, 0) is 0 Å². The Bertz CT molecular complexity index is 3570. The van der Waals surface area contributed by atoms with Crippen molar-refractivity contribution in [1.82, 2.24) is 15.0 Å². The highest BCUT2D eigenvalue weighted by Gasteiger charge is 2.18. The van der Waals surface area contributed by atoms with Gasteiger partial charge in [-0.2, -0.15) is 0 Å². The van der Waals surface area contributed by atoms with Crippen molar-refractivity contribution in [3.05, 3.63) is 188 Å². The summed E-state index contributed by atoms with van der Waals surface area (Å²) in [4.78, 5) is 15.1. The van der Waals surface area contributed by atoms with Crippen molar-refractivity contribution in [3.8, 4) is 67.5 Å². The van der Waals surface area contributed by atoms with Crippen molar-refractivity contribution in [2.24, 2.45) is 0 Å². The van der Waals surface area contributed by atoms with Crippen LogP contribution in [0.1, 0.15) is 8.22 Å². The molecular weight excluding hydrogens is 719 g/mol. The Balaban J connectivity index is 1.14. The number of hydrogen-bond donors (Lipinski definition) is 0. The minimum Gasteiger partial charge on any atom is -0.208 e. The zero-order chi connectivity index (χ0) is 42.2. The summed E-state index contributed by atoms with van der Waals surface area (Å²) in [5, 5.41) is 2.79. The predicted octanol–water partition coefficient (Wildman–Crippen LogP) is 14.6. The second-order valence-electron chi connectivity index (χ2n) is 13.5. The number of thiophene rings is 2. The van der Waals surface area contributed by atoms with E-state index in [9.17, 15) is 4.11 Å². The van der Waals surface area contributed by atoms with Crippen molar-refractivity contribution in [2.45, 2.75) is 0 Å². The van der Waals surface area contributed by atoms with Crippen LogP contribution in [0.25, 0.3) is 108 Å². The van der Waals surface area contributed by atoms with Gasteiger partial charge >= 0.3 is 0 Å². The van der Waals surface area contributed by atoms with Crippen LogP contribution in [0.2, 0.25) is 0 Å². The van der Waals surface area contributed by atoms with E-state index < -0.39 is 0 Å². The highest BCUT2D eigenvalue weighted by molar-refractivity contribution is 7.26. The first-order valence-electron chi connectivity index (χ1n) is 21.2. The fourth-order valence-electron chi connectivity index (χ4n) is 7.38. The number of aromatic nitrogens is 3. The van der Waals surface area contributed by atoms with Crippen LogP contribution in [0.4, 0.5) is 0 Å². The zero-order valence-corrected chi connectivity index (χ0v) is 31.2. The minimum absolute atomic E-state index is 0.0632. The number of fused-ring (bicyclic) bond motifs is 6. The summed E-state index contributed by atoms with van der Waals surface area (Å²) in [5.41, 5.74) is 6.73. The van der Waals surface area contributed by atoms with E-state index in [0.717, 1.165) is 64.9 Å². The maximum atomic E-state index is 9.76.